The van der Waals surface area contributed by atoms with Gasteiger partial charge in [-0.1, -0.05) is 11.2 Å². The minimum Gasteiger partial charge on any atom is -0.388 e. The first-order valence-electron chi connectivity index (χ1n) is 3.57. The van der Waals surface area contributed by atoms with Crippen LogP contribution in [-0.2, 0) is 0 Å². The molecule has 1 N–H and O–H groups in total. The Morgan fingerprint density at radius 3 is 3.17 bits per heavy atom. The molecule has 1 rings (SSSR count). The van der Waals surface area contributed by atoms with Crippen molar-refractivity contribution in [2.75, 3.05) is 6.54 Å². The molecule has 0 saturated heterocycles. The van der Waals surface area contributed by atoms with Crippen LogP contribution < -0.4 is 0 Å². The van der Waals surface area contributed by atoms with Crippen molar-refractivity contribution in [2.45, 2.75) is 12.5 Å². The van der Waals surface area contributed by atoms with Gasteiger partial charge < -0.3 is 5.11 Å². The number of aliphatic hydroxyl groups excluding tert-OH is 1. The molecule has 12 heavy (non-hydrogen) atoms. The van der Waals surface area contributed by atoms with Gasteiger partial charge in [0.25, 0.3) is 0 Å². The molecular formula is C7H9N3OS. The zero-order valence-corrected chi connectivity index (χ0v) is 7.24. The van der Waals surface area contributed by atoms with E-state index in [2.05, 4.69) is 10.0 Å². The normalized spacial score (nSPS) is 12.1. The van der Waals surface area contributed by atoms with Crippen LogP contribution in [0.15, 0.2) is 22.6 Å². The molecule has 0 radical (unpaired) electrons. The summed E-state index contributed by atoms with van der Waals surface area (Å²) < 4.78 is 0. The fourth-order valence-electron chi connectivity index (χ4n) is 0.848. The number of hydrogen-bond acceptors (Lipinski definition) is 3. The highest BCUT2D eigenvalue weighted by molar-refractivity contribution is 7.10. The van der Waals surface area contributed by atoms with Crippen LogP contribution in [0.1, 0.15) is 17.4 Å². The molecule has 5 heteroatoms. The minimum absolute atomic E-state index is 0.343. The van der Waals surface area contributed by atoms with Crippen LogP contribution in [0.5, 0.6) is 0 Å². The van der Waals surface area contributed by atoms with E-state index in [1.165, 1.54) is 11.3 Å². The lowest BCUT2D eigenvalue weighted by Gasteiger charge is -2.04. The summed E-state index contributed by atoms with van der Waals surface area (Å²) in [4.78, 5) is 3.53. The maximum Gasteiger partial charge on any atom is 0.0883 e. The number of hydrogen-bond donors (Lipinski definition) is 1. The first-order valence-corrected chi connectivity index (χ1v) is 4.45. The summed E-state index contributed by atoms with van der Waals surface area (Å²) >= 11 is 1.50. The molecule has 0 amide bonds. The van der Waals surface area contributed by atoms with Gasteiger partial charge in [-0.25, -0.2) is 0 Å². The highest BCUT2D eigenvalue weighted by Gasteiger charge is 2.06. The van der Waals surface area contributed by atoms with E-state index in [0.717, 1.165) is 4.88 Å². The van der Waals surface area contributed by atoms with Gasteiger partial charge in [0.15, 0.2) is 0 Å². The Kier molecular flexibility index (Phi) is 3.60. The van der Waals surface area contributed by atoms with Crippen LogP contribution in [0.3, 0.4) is 0 Å². The quantitative estimate of drug-likeness (QED) is 0.435. The smallest absolute Gasteiger partial charge is 0.0883 e. The lowest BCUT2D eigenvalue weighted by Crippen LogP contribution is -1.95. The van der Waals surface area contributed by atoms with Gasteiger partial charge in [-0.05, 0) is 23.4 Å². The van der Waals surface area contributed by atoms with Gasteiger partial charge in [0.2, 0.25) is 0 Å². The average Bonchev–Trinajstić information content (AvgIpc) is 2.56. The third kappa shape index (κ3) is 2.54. The number of thiophene rings is 1. The third-order valence-corrected chi connectivity index (χ3v) is 2.41. The van der Waals surface area contributed by atoms with Crippen LogP contribution >= 0.6 is 11.3 Å². The van der Waals surface area contributed by atoms with Crippen molar-refractivity contribution in [3.8, 4) is 0 Å². The second-order valence-electron chi connectivity index (χ2n) is 2.27. The second-order valence-corrected chi connectivity index (χ2v) is 3.25. The summed E-state index contributed by atoms with van der Waals surface area (Å²) in [6, 6.07) is 3.75. The molecule has 0 spiro atoms. The van der Waals surface area contributed by atoms with Gasteiger partial charge in [-0.15, -0.1) is 11.3 Å². The lowest BCUT2D eigenvalue weighted by molar-refractivity contribution is 0.174. The van der Waals surface area contributed by atoms with Gasteiger partial charge in [-0.3, -0.25) is 0 Å². The minimum atomic E-state index is -0.490. The summed E-state index contributed by atoms with van der Waals surface area (Å²) in [6.45, 7) is 0.343. The fraction of sp³-hybridized carbons (Fsp3) is 0.429. The molecule has 1 atom stereocenters. The summed E-state index contributed by atoms with van der Waals surface area (Å²) in [6.07, 6.45) is 0.000370. The van der Waals surface area contributed by atoms with E-state index >= 15 is 0 Å². The van der Waals surface area contributed by atoms with Gasteiger partial charge in [0.05, 0.1) is 6.10 Å². The van der Waals surface area contributed by atoms with Crippen molar-refractivity contribution in [1.82, 2.24) is 0 Å². The molecular weight excluding hydrogens is 174 g/mol. The van der Waals surface area contributed by atoms with Crippen molar-refractivity contribution in [2.24, 2.45) is 5.11 Å². The number of nitrogens with zero attached hydrogens (tertiary/aromatic N) is 3. The van der Waals surface area contributed by atoms with Gasteiger partial charge in [0, 0.05) is 16.3 Å². The zero-order chi connectivity index (χ0) is 8.81. The SMILES string of the molecule is [N-]=[N+]=NCC[C@H](O)c1cccs1. The first kappa shape index (κ1) is 9.06. The van der Waals surface area contributed by atoms with Crippen molar-refractivity contribution >= 4 is 11.3 Å². The highest BCUT2D eigenvalue weighted by atomic mass is 32.1. The zero-order valence-electron chi connectivity index (χ0n) is 6.42. The summed E-state index contributed by atoms with van der Waals surface area (Å²) in [5, 5.41) is 14.7. The topological polar surface area (TPSA) is 69.0 Å². The Hall–Kier alpha value is -1.03. The van der Waals surface area contributed by atoms with Crippen LogP contribution in [0.4, 0.5) is 0 Å². The molecule has 64 valence electrons. The number of rotatable bonds is 4. The van der Waals surface area contributed by atoms with E-state index in [1.807, 2.05) is 17.5 Å². The van der Waals surface area contributed by atoms with E-state index in [4.69, 9.17) is 5.53 Å². The molecule has 1 aromatic rings. The molecule has 0 bridgehead atoms. The van der Waals surface area contributed by atoms with Crippen molar-refractivity contribution in [1.29, 1.82) is 0 Å². The Bertz CT molecular complexity index is 266. The number of azide groups is 1. The summed E-state index contributed by atoms with van der Waals surface area (Å²) in [5.74, 6) is 0. The Morgan fingerprint density at radius 1 is 1.75 bits per heavy atom. The predicted molar refractivity (Wildman–Crippen MR) is 47.9 cm³/mol. The molecule has 4 nitrogen and oxygen atoms in total. The lowest BCUT2D eigenvalue weighted by atomic mass is 10.2. The highest BCUT2D eigenvalue weighted by Crippen LogP contribution is 2.21. The van der Waals surface area contributed by atoms with Crippen LogP contribution in [0.2, 0.25) is 0 Å². The van der Waals surface area contributed by atoms with E-state index < -0.39 is 6.10 Å². The van der Waals surface area contributed by atoms with Gasteiger partial charge >= 0.3 is 0 Å². The largest absolute Gasteiger partial charge is 0.388 e. The Labute approximate surface area is 74.1 Å². The third-order valence-electron chi connectivity index (χ3n) is 1.44. The van der Waals surface area contributed by atoms with Crippen molar-refractivity contribution in [3.63, 3.8) is 0 Å². The van der Waals surface area contributed by atoms with Crippen LogP contribution in [0.25, 0.3) is 10.4 Å². The molecule has 0 aliphatic heterocycles. The molecule has 1 heterocycles. The van der Waals surface area contributed by atoms with Crippen molar-refractivity contribution in [3.05, 3.63) is 32.8 Å². The van der Waals surface area contributed by atoms with Crippen LogP contribution in [-0.4, -0.2) is 11.7 Å². The van der Waals surface area contributed by atoms with Gasteiger partial charge in [0.1, 0.15) is 0 Å². The van der Waals surface area contributed by atoms with Crippen molar-refractivity contribution < 1.29 is 5.11 Å². The molecule has 1 aromatic heterocycles. The molecule has 0 aliphatic rings. The number of aliphatic hydroxyl groups is 1. The Morgan fingerprint density at radius 2 is 2.58 bits per heavy atom. The van der Waals surface area contributed by atoms with E-state index in [0.29, 0.717) is 13.0 Å². The first-order chi connectivity index (χ1) is 5.84. The van der Waals surface area contributed by atoms with E-state index in [-0.39, 0.29) is 0 Å². The second kappa shape index (κ2) is 4.77. The maximum atomic E-state index is 9.46. The average molecular weight is 183 g/mol. The molecule has 0 aliphatic carbocycles. The summed E-state index contributed by atoms with van der Waals surface area (Å²) in [7, 11) is 0. The standard InChI is InChI=1S/C7H9N3OS/c8-10-9-4-3-6(11)7-2-1-5-12-7/h1-2,5-6,11H,3-4H2/t6-/m0/s1. The molecule has 0 fully saturated rings. The van der Waals surface area contributed by atoms with Crippen LogP contribution in [0, 0.1) is 0 Å². The van der Waals surface area contributed by atoms with E-state index in [1.54, 1.807) is 0 Å². The summed E-state index contributed by atoms with van der Waals surface area (Å²) in [5.41, 5.74) is 7.99. The molecule has 0 saturated carbocycles. The Balaban J connectivity index is 2.39. The maximum absolute atomic E-state index is 9.46. The predicted octanol–water partition coefficient (Wildman–Crippen LogP) is 2.48. The monoisotopic (exact) mass is 183 g/mol. The van der Waals surface area contributed by atoms with E-state index in [9.17, 15) is 5.11 Å². The molecule has 0 unspecified atom stereocenters. The van der Waals surface area contributed by atoms with Gasteiger partial charge in [-0.2, -0.15) is 0 Å². The fourth-order valence-corrected chi connectivity index (χ4v) is 1.59. The molecule has 0 aromatic carbocycles.